The summed E-state index contributed by atoms with van der Waals surface area (Å²) in [5, 5.41) is 0. The van der Waals surface area contributed by atoms with Gasteiger partial charge in [0.05, 0.1) is 0 Å². The topological polar surface area (TPSA) is 19.4 Å². The van der Waals surface area contributed by atoms with E-state index >= 15 is 0 Å². The van der Waals surface area contributed by atoms with Gasteiger partial charge in [-0.3, -0.25) is 14.8 Å². The van der Waals surface area contributed by atoms with E-state index in [0.717, 1.165) is 13.1 Å². The van der Waals surface area contributed by atoms with Crippen LogP contribution in [0.25, 0.3) is 0 Å². The van der Waals surface area contributed by atoms with Crippen LogP contribution in [0.15, 0.2) is 36.7 Å². The largest absolute Gasteiger partial charge is 0.298 e. The van der Waals surface area contributed by atoms with E-state index in [0.29, 0.717) is 6.04 Å². The lowest BCUT2D eigenvalue weighted by atomic mass is 10.1. The minimum Gasteiger partial charge on any atom is -0.298 e. The van der Waals surface area contributed by atoms with Crippen LogP contribution in [0.5, 0.6) is 0 Å². The zero-order chi connectivity index (χ0) is 15.4. The van der Waals surface area contributed by atoms with Gasteiger partial charge in [0.2, 0.25) is 0 Å². The molecule has 4 heteroatoms. The predicted octanol–water partition coefficient (Wildman–Crippen LogP) is 3.93. The third-order valence-corrected chi connectivity index (χ3v) is 5.58. The van der Waals surface area contributed by atoms with Crippen molar-refractivity contribution >= 4 is 11.3 Å². The third kappa shape index (κ3) is 3.94. The molecule has 1 aliphatic heterocycles. The molecule has 2 aromatic rings. The molecular formula is C18H25N3S. The van der Waals surface area contributed by atoms with Crippen LogP contribution in [0.4, 0.5) is 0 Å². The number of aromatic nitrogens is 1. The molecule has 0 radical (unpaired) electrons. The molecule has 0 aliphatic carbocycles. The second-order valence-electron chi connectivity index (χ2n) is 6.23. The van der Waals surface area contributed by atoms with Crippen LogP contribution < -0.4 is 0 Å². The maximum absolute atomic E-state index is 4.23. The fourth-order valence-corrected chi connectivity index (χ4v) is 4.14. The third-order valence-electron chi connectivity index (χ3n) is 4.53. The molecule has 1 saturated heterocycles. The first-order valence-electron chi connectivity index (χ1n) is 8.12. The Hall–Kier alpha value is -1.23. The van der Waals surface area contributed by atoms with Gasteiger partial charge in [-0.25, -0.2) is 0 Å². The highest BCUT2D eigenvalue weighted by Gasteiger charge is 2.15. The van der Waals surface area contributed by atoms with Gasteiger partial charge in [-0.05, 0) is 63.7 Å². The summed E-state index contributed by atoms with van der Waals surface area (Å²) in [6.45, 7) is 6.92. The van der Waals surface area contributed by atoms with E-state index in [2.05, 4.69) is 47.0 Å². The van der Waals surface area contributed by atoms with Crippen LogP contribution in [-0.2, 0) is 13.1 Å². The van der Waals surface area contributed by atoms with Crippen LogP contribution in [0, 0.1) is 0 Å². The van der Waals surface area contributed by atoms with Gasteiger partial charge in [0, 0.05) is 41.3 Å². The van der Waals surface area contributed by atoms with Gasteiger partial charge in [-0.1, -0.05) is 6.07 Å². The van der Waals surface area contributed by atoms with E-state index < -0.39 is 0 Å². The Bertz CT molecular complexity index is 575. The second kappa shape index (κ2) is 7.36. The number of pyridine rings is 1. The molecule has 1 aliphatic rings. The van der Waals surface area contributed by atoms with E-state index in [4.69, 9.17) is 0 Å². The number of rotatable bonds is 6. The summed E-state index contributed by atoms with van der Waals surface area (Å²) in [6.07, 6.45) is 6.53. The first-order valence-corrected chi connectivity index (χ1v) is 8.94. The molecule has 0 N–H and O–H groups in total. The van der Waals surface area contributed by atoms with Crippen LogP contribution in [0.3, 0.4) is 0 Å². The van der Waals surface area contributed by atoms with Gasteiger partial charge in [0.15, 0.2) is 0 Å². The van der Waals surface area contributed by atoms with Crippen molar-refractivity contribution in [2.45, 2.75) is 38.9 Å². The molecule has 1 fully saturated rings. The lowest BCUT2D eigenvalue weighted by Gasteiger charge is -2.24. The smallest absolute Gasteiger partial charge is 0.0335 e. The van der Waals surface area contributed by atoms with Crippen molar-refractivity contribution in [1.82, 2.24) is 14.8 Å². The fraction of sp³-hybridized carbons (Fsp3) is 0.500. The van der Waals surface area contributed by atoms with E-state index in [1.807, 2.05) is 29.8 Å². The van der Waals surface area contributed by atoms with Gasteiger partial charge in [0.1, 0.15) is 0 Å². The molecule has 118 valence electrons. The van der Waals surface area contributed by atoms with Gasteiger partial charge < -0.3 is 0 Å². The molecule has 0 spiro atoms. The van der Waals surface area contributed by atoms with E-state index in [1.165, 1.54) is 41.2 Å². The first-order chi connectivity index (χ1) is 10.7. The molecule has 3 heterocycles. The first kappa shape index (κ1) is 15.7. The Balaban J connectivity index is 1.57. The van der Waals surface area contributed by atoms with Crippen molar-refractivity contribution in [3.8, 4) is 0 Å². The lowest BCUT2D eigenvalue weighted by molar-refractivity contribution is 0.255. The van der Waals surface area contributed by atoms with Gasteiger partial charge in [0.25, 0.3) is 0 Å². The minimum atomic E-state index is 0.387. The minimum absolute atomic E-state index is 0.387. The average Bonchev–Trinajstić information content (AvgIpc) is 3.20. The van der Waals surface area contributed by atoms with Crippen molar-refractivity contribution in [2.24, 2.45) is 0 Å². The summed E-state index contributed by atoms with van der Waals surface area (Å²) in [6, 6.07) is 9.15. The number of likely N-dealkylation sites (tertiary alicyclic amines) is 1. The van der Waals surface area contributed by atoms with Gasteiger partial charge in [-0.2, -0.15) is 0 Å². The van der Waals surface area contributed by atoms with Crippen LogP contribution in [0.2, 0.25) is 0 Å². The molecule has 2 aromatic heterocycles. The fourth-order valence-electron chi connectivity index (χ4n) is 3.01. The van der Waals surface area contributed by atoms with Crippen LogP contribution in [0.1, 0.15) is 41.1 Å². The zero-order valence-electron chi connectivity index (χ0n) is 13.5. The van der Waals surface area contributed by atoms with Crippen molar-refractivity contribution in [2.75, 3.05) is 20.1 Å². The van der Waals surface area contributed by atoms with Crippen molar-refractivity contribution < 1.29 is 0 Å². The zero-order valence-corrected chi connectivity index (χ0v) is 14.4. The Kier molecular flexibility index (Phi) is 5.24. The van der Waals surface area contributed by atoms with Crippen molar-refractivity contribution in [1.29, 1.82) is 0 Å². The second-order valence-corrected chi connectivity index (χ2v) is 7.48. The summed E-state index contributed by atoms with van der Waals surface area (Å²) < 4.78 is 0. The molecule has 22 heavy (non-hydrogen) atoms. The number of thiophene rings is 1. The van der Waals surface area contributed by atoms with Gasteiger partial charge in [-0.15, -0.1) is 11.3 Å². The maximum Gasteiger partial charge on any atom is 0.0335 e. The van der Waals surface area contributed by atoms with Crippen LogP contribution in [-0.4, -0.2) is 34.9 Å². The Morgan fingerprint density at radius 1 is 1.23 bits per heavy atom. The molecule has 3 rings (SSSR count). The normalized spacial score (nSPS) is 17.2. The Morgan fingerprint density at radius 3 is 2.73 bits per heavy atom. The quantitative estimate of drug-likeness (QED) is 0.805. The SMILES string of the molecule is CC(c1cccnc1)N(C)Cc1ccc(CN2CCCC2)s1. The summed E-state index contributed by atoms with van der Waals surface area (Å²) >= 11 is 1.96. The monoisotopic (exact) mass is 315 g/mol. The van der Waals surface area contributed by atoms with Crippen LogP contribution >= 0.6 is 11.3 Å². The number of hydrogen-bond acceptors (Lipinski definition) is 4. The maximum atomic E-state index is 4.23. The molecule has 1 unspecified atom stereocenters. The molecule has 0 aromatic carbocycles. The summed E-state index contributed by atoms with van der Waals surface area (Å²) in [5.41, 5.74) is 1.28. The number of nitrogens with zero attached hydrogens (tertiary/aromatic N) is 3. The summed E-state index contributed by atoms with van der Waals surface area (Å²) in [5.74, 6) is 0. The highest BCUT2D eigenvalue weighted by atomic mass is 32.1. The molecule has 3 nitrogen and oxygen atoms in total. The molecule has 0 saturated carbocycles. The molecule has 0 amide bonds. The number of hydrogen-bond donors (Lipinski definition) is 0. The van der Waals surface area contributed by atoms with E-state index in [1.54, 1.807) is 0 Å². The summed E-state index contributed by atoms with van der Waals surface area (Å²) in [4.78, 5) is 12.1. The Morgan fingerprint density at radius 2 is 2.00 bits per heavy atom. The summed E-state index contributed by atoms with van der Waals surface area (Å²) in [7, 11) is 2.19. The van der Waals surface area contributed by atoms with E-state index in [9.17, 15) is 0 Å². The Labute approximate surface area is 137 Å². The molecular weight excluding hydrogens is 290 g/mol. The molecule has 0 bridgehead atoms. The van der Waals surface area contributed by atoms with Crippen molar-refractivity contribution in [3.05, 3.63) is 52.0 Å². The highest BCUT2D eigenvalue weighted by molar-refractivity contribution is 7.11. The van der Waals surface area contributed by atoms with Gasteiger partial charge >= 0.3 is 0 Å². The lowest BCUT2D eigenvalue weighted by Crippen LogP contribution is -2.21. The highest BCUT2D eigenvalue weighted by Crippen LogP contribution is 2.25. The predicted molar refractivity (Wildman–Crippen MR) is 92.9 cm³/mol. The standard InChI is InChI=1S/C18H25N3S/c1-15(16-6-5-9-19-12-16)20(2)13-17-7-8-18(22-17)14-21-10-3-4-11-21/h5-9,12,15H,3-4,10-11,13-14H2,1-2H3. The average molecular weight is 315 g/mol. The molecule has 1 atom stereocenters. The van der Waals surface area contributed by atoms with Crippen molar-refractivity contribution in [3.63, 3.8) is 0 Å². The van der Waals surface area contributed by atoms with E-state index in [-0.39, 0.29) is 0 Å².